The Balaban J connectivity index is 1.43. The molecule has 0 saturated heterocycles. The Morgan fingerprint density at radius 3 is 2.84 bits per heavy atom. The fraction of sp³-hybridized carbons (Fsp3) is 0.529. The number of fused-ring (bicyclic) bond motifs is 1. The molecule has 8 nitrogen and oxygen atoms in total. The van der Waals surface area contributed by atoms with E-state index >= 15 is 0 Å². The standard InChI is InChI=1S/C17H20N4O4/c1-9-15(24-8-19-9)17(23)20-11-4-5-13-12(6-11)14(21-25-13)16(22)18-7-10-2-3-10/h8,10-11H,2-7H2,1H3,(H,18,22)(H,20,23). The molecule has 2 heterocycles. The van der Waals surface area contributed by atoms with E-state index in [1.54, 1.807) is 6.92 Å². The number of nitrogens with zero attached hydrogens (tertiary/aromatic N) is 2. The molecule has 0 aromatic carbocycles. The van der Waals surface area contributed by atoms with Gasteiger partial charge in [-0.25, -0.2) is 4.98 Å². The van der Waals surface area contributed by atoms with Crippen molar-refractivity contribution < 1.29 is 18.5 Å². The van der Waals surface area contributed by atoms with Crippen molar-refractivity contribution in [1.82, 2.24) is 20.8 Å². The normalized spacial score (nSPS) is 19.3. The van der Waals surface area contributed by atoms with Gasteiger partial charge in [0.05, 0.1) is 5.69 Å². The van der Waals surface area contributed by atoms with Gasteiger partial charge in [0.15, 0.2) is 12.1 Å². The van der Waals surface area contributed by atoms with Crippen molar-refractivity contribution in [3.63, 3.8) is 0 Å². The molecule has 25 heavy (non-hydrogen) atoms. The average Bonchev–Trinajstić information content (AvgIpc) is 3.18. The maximum absolute atomic E-state index is 12.3. The number of nitrogens with one attached hydrogen (secondary N) is 2. The zero-order valence-electron chi connectivity index (χ0n) is 14.0. The Morgan fingerprint density at radius 2 is 2.12 bits per heavy atom. The second kappa shape index (κ2) is 6.34. The third kappa shape index (κ3) is 3.29. The molecule has 2 aromatic rings. The topological polar surface area (TPSA) is 110 Å². The molecule has 132 valence electrons. The van der Waals surface area contributed by atoms with Crippen LogP contribution in [0, 0.1) is 12.8 Å². The Bertz CT molecular complexity index is 805. The number of carbonyl (C=O) groups is 2. The smallest absolute Gasteiger partial charge is 0.289 e. The number of aromatic nitrogens is 2. The Morgan fingerprint density at radius 1 is 1.28 bits per heavy atom. The van der Waals surface area contributed by atoms with Gasteiger partial charge in [-0.1, -0.05) is 5.16 Å². The van der Waals surface area contributed by atoms with Gasteiger partial charge < -0.3 is 19.6 Å². The summed E-state index contributed by atoms with van der Waals surface area (Å²) < 4.78 is 10.4. The SMILES string of the molecule is Cc1ncoc1C(=O)NC1CCc2onc(C(=O)NCC3CC3)c2C1. The number of rotatable bonds is 5. The van der Waals surface area contributed by atoms with Crippen LogP contribution in [0.1, 0.15) is 57.3 Å². The minimum absolute atomic E-state index is 0.0983. The average molecular weight is 344 g/mol. The van der Waals surface area contributed by atoms with Crippen LogP contribution in [0.2, 0.25) is 0 Å². The van der Waals surface area contributed by atoms with E-state index in [1.165, 1.54) is 19.2 Å². The predicted octanol–water partition coefficient (Wildman–Crippen LogP) is 1.40. The maximum atomic E-state index is 12.3. The largest absolute Gasteiger partial charge is 0.438 e. The Kier molecular flexibility index (Phi) is 4.03. The monoisotopic (exact) mass is 344 g/mol. The summed E-state index contributed by atoms with van der Waals surface area (Å²) in [5, 5.41) is 9.80. The van der Waals surface area contributed by atoms with Crippen LogP contribution in [0.3, 0.4) is 0 Å². The van der Waals surface area contributed by atoms with Crippen LogP contribution in [-0.2, 0) is 12.8 Å². The number of hydrogen-bond acceptors (Lipinski definition) is 6. The van der Waals surface area contributed by atoms with Gasteiger partial charge in [-0.15, -0.1) is 0 Å². The number of hydrogen-bond donors (Lipinski definition) is 2. The lowest BCUT2D eigenvalue weighted by Crippen LogP contribution is -2.39. The van der Waals surface area contributed by atoms with Crippen LogP contribution in [0.4, 0.5) is 0 Å². The molecule has 0 aliphatic heterocycles. The first kappa shape index (κ1) is 15.9. The first-order valence-electron chi connectivity index (χ1n) is 8.58. The van der Waals surface area contributed by atoms with E-state index in [9.17, 15) is 9.59 Å². The van der Waals surface area contributed by atoms with Crippen molar-refractivity contribution in [2.45, 2.75) is 45.1 Å². The summed E-state index contributed by atoms with van der Waals surface area (Å²) in [6, 6.07) is -0.0983. The molecular formula is C17H20N4O4. The summed E-state index contributed by atoms with van der Waals surface area (Å²) in [6.07, 6.45) is 5.48. The molecule has 4 rings (SSSR count). The first-order chi connectivity index (χ1) is 12.1. The molecule has 2 aromatic heterocycles. The zero-order valence-corrected chi connectivity index (χ0v) is 14.0. The summed E-state index contributed by atoms with van der Waals surface area (Å²) in [6.45, 7) is 2.41. The third-order valence-corrected chi connectivity index (χ3v) is 4.79. The summed E-state index contributed by atoms with van der Waals surface area (Å²) in [7, 11) is 0. The number of oxazole rings is 1. The molecule has 2 aliphatic carbocycles. The van der Waals surface area contributed by atoms with Crippen LogP contribution in [0.25, 0.3) is 0 Å². The summed E-state index contributed by atoms with van der Waals surface area (Å²) >= 11 is 0. The summed E-state index contributed by atoms with van der Waals surface area (Å²) in [4.78, 5) is 28.5. The lowest BCUT2D eigenvalue weighted by Gasteiger charge is -2.22. The van der Waals surface area contributed by atoms with Crippen LogP contribution < -0.4 is 10.6 Å². The summed E-state index contributed by atoms with van der Waals surface area (Å²) in [5.74, 6) is 1.06. The number of aryl methyl sites for hydroxylation is 2. The lowest BCUT2D eigenvalue weighted by molar-refractivity contribution is 0.0903. The van der Waals surface area contributed by atoms with Crippen molar-refractivity contribution in [3.8, 4) is 0 Å². The van der Waals surface area contributed by atoms with Gasteiger partial charge in [-0.2, -0.15) is 0 Å². The van der Waals surface area contributed by atoms with E-state index in [0.29, 0.717) is 36.7 Å². The van der Waals surface area contributed by atoms with Crippen molar-refractivity contribution in [2.24, 2.45) is 5.92 Å². The molecule has 8 heteroatoms. The molecule has 2 aliphatic rings. The van der Waals surface area contributed by atoms with E-state index in [0.717, 1.165) is 17.7 Å². The lowest BCUT2D eigenvalue weighted by atomic mass is 9.91. The molecule has 1 fully saturated rings. The predicted molar refractivity (Wildman–Crippen MR) is 86.1 cm³/mol. The molecule has 1 unspecified atom stereocenters. The van der Waals surface area contributed by atoms with E-state index < -0.39 is 0 Å². The van der Waals surface area contributed by atoms with E-state index in [4.69, 9.17) is 8.94 Å². The number of amides is 2. The maximum Gasteiger partial charge on any atom is 0.289 e. The zero-order chi connectivity index (χ0) is 17.4. The highest BCUT2D eigenvalue weighted by Crippen LogP contribution is 2.28. The van der Waals surface area contributed by atoms with Gasteiger partial charge in [0, 0.05) is 24.6 Å². The summed E-state index contributed by atoms with van der Waals surface area (Å²) in [5.41, 5.74) is 1.68. The third-order valence-electron chi connectivity index (χ3n) is 4.79. The highest BCUT2D eigenvalue weighted by atomic mass is 16.5. The highest BCUT2D eigenvalue weighted by Gasteiger charge is 2.31. The van der Waals surface area contributed by atoms with Gasteiger partial charge >= 0.3 is 0 Å². The second-order valence-electron chi connectivity index (χ2n) is 6.77. The van der Waals surface area contributed by atoms with E-state index in [2.05, 4.69) is 20.8 Å². The quantitative estimate of drug-likeness (QED) is 0.848. The van der Waals surface area contributed by atoms with Crippen molar-refractivity contribution in [3.05, 3.63) is 34.9 Å². The first-order valence-corrected chi connectivity index (χ1v) is 8.58. The van der Waals surface area contributed by atoms with Crippen LogP contribution >= 0.6 is 0 Å². The van der Waals surface area contributed by atoms with Gasteiger partial charge in [0.1, 0.15) is 5.76 Å². The molecule has 1 atom stereocenters. The van der Waals surface area contributed by atoms with Gasteiger partial charge in [-0.05, 0) is 38.5 Å². The molecule has 2 amide bonds. The Labute approximate surface area is 144 Å². The molecule has 0 spiro atoms. The number of carbonyl (C=O) groups excluding carboxylic acids is 2. The van der Waals surface area contributed by atoms with Gasteiger partial charge in [0.2, 0.25) is 5.76 Å². The minimum atomic E-state index is -0.292. The molecule has 1 saturated carbocycles. The van der Waals surface area contributed by atoms with Crippen LogP contribution in [-0.4, -0.2) is 34.5 Å². The van der Waals surface area contributed by atoms with Crippen LogP contribution in [0.15, 0.2) is 15.3 Å². The van der Waals surface area contributed by atoms with Gasteiger partial charge in [-0.3, -0.25) is 9.59 Å². The van der Waals surface area contributed by atoms with Gasteiger partial charge in [0.25, 0.3) is 11.8 Å². The van der Waals surface area contributed by atoms with Crippen molar-refractivity contribution in [2.75, 3.05) is 6.54 Å². The van der Waals surface area contributed by atoms with E-state index in [-0.39, 0.29) is 23.6 Å². The Hall–Kier alpha value is -2.64. The molecule has 2 N–H and O–H groups in total. The fourth-order valence-corrected chi connectivity index (χ4v) is 3.12. The molecular weight excluding hydrogens is 324 g/mol. The fourth-order valence-electron chi connectivity index (χ4n) is 3.12. The molecule has 0 bridgehead atoms. The minimum Gasteiger partial charge on any atom is -0.438 e. The molecule has 0 radical (unpaired) electrons. The second-order valence-corrected chi connectivity index (χ2v) is 6.77. The highest BCUT2D eigenvalue weighted by molar-refractivity contribution is 5.94. The van der Waals surface area contributed by atoms with Crippen LogP contribution in [0.5, 0.6) is 0 Å². The van der Waals surface area contributed by atoms with Crippen molar-refractivity contribution in [1.29, 1.82) is 0 Å². The van der Waals surface area contributed by atoms with E-state index in [1.807, 2.05) is 0 Å². The van der Waals surface area contributed by atoms with Crippen molar-refractivity contribution >= 4 is 11.8 Å².